The lowest BCUT2D eigenvalue weighted by Gasteiger charge is -2.19. The highest BCUT2D eigenvalue weighted by molar-refractivity contribution is 5.80. The van der Waals surface area contributed by atoms with Crippen LogP contribution in [0.25, 0.3) is 0 Å². The molecule has 1 N–H and O–H groups in total. The first-order valence-corrected chi connectivity index (χ1v) is 6.38. The Hall–Kier alpha value is -2.39. The average molecular weight is 318 g/mol. The standard InChI is InChI=1S/C12H13F3N4O3/c1-7-2-9(19(21)22)4-16-11(7)17-8-3-10(20)18(5-8)6-12(13,14)15/h2,4,8H,3,5-6H2,1H3,(H,16,17). The molecule has 1 fully saturated rings. The predicted octanol–water partition coefficient (Wildman–Crippen LogP) is 1.87. The molecule has 1 unspecified atom stereocenters. The molecule has 10 heteroatoms. The molecule has 120 valence electrons. The summed E-state index contributed by atoms with van der Waals surface area (Å²) in [5, 5.41) is 13.5. The number of halogens is 3. The lowest BCUT2D eigenvalue weighted by molar-refractivity contribution is -0.385. The van der Waals surface area contributed by atoms with Gasteiger partial charge in [-0.05, 0) is 12.5 Å². The molecular formula is C12H13F3N4O3. The molecule has 0 radical (unpaired) electrons. The van der Waals surface area contributed by atoms with Crippen LogP contribution >= 0.6 is 0 Å². The Balaban J connectivity index is 2.03. The fourth-order valence-electron chi connectivity index (χ4n) is 2.24. The number of nitrogens with one attached hydrogen (secondary N) is 1. The first-order valence-electron chi connectivity index (χ1n) is 6.38. The second-order valence-electron chi connectivity index (χ2n) is 5.05. The van der Waals surface area contributed by atoms with Gasteiger partial charge >= 0.3 is 6.18 Å². The number of likely N-dealkylation sites (tertiary alicyclic amines) is 1. The maximum absolute atomic E-state index is 12.3. The smallest absolute Gasteiger partial charge is 0.365 e. The number of hydrogen-bond donors (Lipinski definition) is 1. The molecule has 22 heavy (non-hydrogen) atoms. The van der Waals surface area contributed by atoms with E-state index in [1.807, 2.05) is 0 Å². The van der Waals surface area contributed by atoms with Gasteiger partial charge in [-0.2, -0.15) is 13.2 Å². The number of hydrogen-bond acceptors (Lipinski definition) is 5. The minimum Gasteiger partial charge on any atom is -0.365 e. The van der Waals surface area contributed by atoms with E-state index in [2.05, 4.69) is 10.3 Å². The largest absolute Gasteiger partial charge is 0.406 e. The number of anilines is 1. The quantitative estimate of drug-likeness (QED) is 0.676. The summed E-state index contributed by atoms with van der Waals surface area (Å²) in [5.74, 6) is -0.272. The summed E-state index contributed by atoms with van der Waals surface area (Å²) < 4.78 is 37.0. The second kappa shape index (κ2) is 5.78. The van der Waals surface area contributed by atoms with Crippen LogP contribution in [0, 0.1) is 17.0 Å². The van der Waals surface area contributed by atoms with E-state index in [1.54, 1.807) is 6.92 Å². The zero-order valence-corrected chi connectivity index (χ0v) is 11.6. The number of aryl methyl sites for hydroxylation is 1. The Morgan fingerprint density at radius 2 is 2.23 bits per heavy atom. The van der Waals surface area contributed by atoms with Gasteiger partial charge in [0.15, 0.2) is 0 Å². The molecule has 1 saturated heterocycles. The van der Waals surface area contributed by atoms with Crippen molar-refractivity contribution >= 4 is 17.4 Å². The molecule has 0 aliphatic carbocycles. The zero-order chi connectivity index (χ0) is 16.5. The summed E-state index contributed by atoms with van der Waals surface area (Å²) in [6.07, 6.45) is -3.46. The number of carbonyl (C=O) groups excluding carboxylic acids is 1. The highest BCUT2D eigenvalue weighted by atomic mass is 19.4. The van der Waals surface area contributed by atoms with E-state index in [-0.39, 0.29) is 18.7 Å². The number of alkyl halides is 3. The van der Waals surface area contributed by atoms with Crippen LogP contribution < -0.4 is 5.32 Å². The minimum absolute atomic E-state index is 0.0752. The monoisotopic (exact) mass is 318 g/mol. The summed E-state index contributed by atoms with van der Waals surface area (Å²) in [4.78, 5) is 26.2. The van der Waals surface area contributed by atoms with Gasteiger partial charge in [0.05, 0.1) is 11.0 Å². The van der Waals surface area contributed by atoms with Crippen LogP contribution in [0.1, 0.15) is 12.0 Å². The van der Waals surface area contributed by atoms with Gasteiger partial charge in [-0.15, -0.1) is 0 Å². The van der Waals surface area contributed by atoms with Gasteiger partial charge in [0.25, 0.3) is 5.69 Å². The third kappa shape index (κ3) is 3.83. The number of carbonyl (C=O) groups is 1. The van der Waals surface area contributed by atoms with Crippen molar-refractivity contribution in [3.63, 3.8) is 0 Å². The van der Waals surface area contributed by atoms with Crippen molar-refractivity contribution in [1.82, 2.24) is 9.88 Å². The molecule has 1 amide bonds. The molecule has 1 aliphatic rings. The van der Waals surface area contributed by atoms with Crippen LogP contribution in [0.3, 0.4) is 0 Å². The summed E-state index contributed by atoms with van der Waals surface area (Å²) in [5.41, 5.74) is 0.306. The van der Waals surface area contributed by atoms with Crippen molar-refractivity contribution in [3.05, 3.63) is 27.9 Å². The van der Waals surface area contributed by atoms with Crippen molar-refractivity contribution in [3.8, 4) is 0 Å². The van der Waals surface area contributed by atoms with Crippen molar-refractivity contribution in [2.75, 3.05) is 18.4 Å². The molecular weight excluding hydrogens is 305 g/mol. The van der Waals surface area contributed by atoms with Crippen LogP contribution in [0.4, 0.5) is 24.7 Å². The van der Waals surface area contributed by atoms with E-state index in [4.69, 9.17) is 0 Å². The lowest BCUT2D eigenvalue weighted by Crippen LogP contribution is -2.36. The van der Waals surface area contributed by atoms with Gasteiger partial charge in [-0.1, -0.05) is 0 Å². The van der Waals surface area contributed by atoms with Crippen LogP contribution in [-0.2, 0) is 4.79 Å². The third-order valence-corrected chi connectivity index (χ3v) is 3.20. The topological polar surface area (TPSA) is 88.4 Å². The number of aromatic nitrogens is 1. The number of nitro groups is 1. The molecule has 0 bridgehead atoms. The molecule has 1 aromatic heterocycles. The summed E-state index contributed by atoms with van der Waals surface area (Å²) >= 11 is 0. The van der Waals surface area contributed by atoms with Gasteiger partial charge in [0.2, 0.25) is 5.91 Å². The number of rotatable bonds is 4. The molecule has 2 heterocycles. The molecule has 1 aliphatic heterocycles. The minimum atomic E-state index is -4.44. The molecule has 0 spiro atoms. The first kappa shape index (κ1) is 16.0. The Bertz CT molecular complexity index is 606. The van der Waals surface area contributed by atoms with Crippen molar-refractivity contribution < 1.29 is 22.9 Å². The normalized spacial score (nSPS) is 18.6. The highest BCUT2D eigenvalue weighted by Gasteiger charge is 2.38. The average Bonchev–Trinajstić information content (AvgIpc) is 2.70. The fourth-order valence-corrected chi connectivity index (χ4v) is 2.24. The zero-order valence-electron chi connectivity index (χ0n) is 11.6. The van der Waals surface area contributed by atoms with Crippen molar-refractivity contribution in [1.29, 1.82) is 0 Å². The Morgan fingerprint density at radius 1 is 1.55 bits per heavy atom. The first-order chi connectivity index (χ1) is 10.2. The molecule has 2 rings (SSSR count). The lowest BCUT2D eigenvalue weighted by atomic mass is 10.2. The van der Waals surface area contributed by atoms with Crippen LogP contribution in [0.5, 0.6) is 0 Å². The molecule has 7 nitrogen and oxygen atoms in total. The maximum atomic E-state index is 12.3. The van der Waals surface area contributed by atoms with Crippen molar-refractivity contribution in [2.45, 2.75) is 25.6 Å². The molecule has 0 aromatic carbocycles. The number of pyridine rings is 1. The van der Waals surface area contributed by atoms with Crippen LogP contribution in [0.2, 0.25) is 0 Å². The Kier molecular flexibility index (Phi) is 4.20. The predicted molar refractivity (Wildman–Crippen MR) is 70.3 cm³/mol. The Labute approximate surface area is 123 Å². The number of amides is 1. The van der Waals surface area contributed by atoms with Crippen LogP contribution in [0.15, 0.2) is 12.3 Å². The molecule has 1 atom stereocenters. The SMILES string of the molecule is Cc1cc([N+](=O)[O-])cnc1NC1CC(=O)N(CC(F)(F)F)C1. The van der Waals surface area contributed by atoms with Gasteiger partial charge in [0.1, 0.15) is 18.6 Å². The Morgan fingerprint density at radius 3 is 2.77 bits per heavy atom. The second-order valence-corrected chi connectivity index (χ2v) is 5.05. The fraction of sp³-hybridized carbons (Fsp3) is 0.500. The molecule has 0 saturated carbocycles. The maximum Gasteiger partial charge on any atom is 0.406 e. The van der Waals surface area contributed by atoms with Crippen LogP contribution in [-0.4, -0.2) is 46.0 Å². The van der Waals surface area contributed by atoms with Gasteiger partial charge in [-0.3, -0.25) is 14.9 Å². The van der Waals surface area contributed by atoms with E-state index in [9.17, 15) is 28.1 Å². The van der Waals surface area contributed by atoms with E-state index in [0.717, 1.165) is 11.1 Å². The summed E-state index contributed by atoms with van der Waals surface area (Å²) in [6.45, 7) is 0.222. The van der Waals surface area contributed by atoms with E-state index < -0.39 is 29.6 Å². The van der Waals surface area contributed by atoms with E-state index in [0.29, 0.717) is 11.4 Å². The van der Waals surface area contributed by atoms with Crippen molar-refractivity contribution in [2.24, 2.45) is 0 Å². The summed E-state index contributed by atoms with van der Waals surface area (Å²) in [6, 6.07) is 0.794. The van der Waals surface area contributed by atoms with E-state index in [1.165, 1.54) is 6.07 Å². The van der Waals surface area contributed by atoms with Gasteiger partial charge in [0, 0.05) is 19.0 Å². The van der Waals surface area contributed by atoms with Gasteiger partial charge < -0.3 is 10.2 Å². The number of nitrogens with zero attached hydrogens (tertiary/aromatic N) is 3. The highest BCUT2D eigenvalue weighted by Crippen LogP contribution is 2.24. The molecule has 1 aromatic rings. The summed E-state index contributed by atoms with van der Waals surface area (Å²) in [7, 11) is 0. The third-order valence-electron chi connectivity index (χ3n) is 3.20. The van der Waals surface area contributed by atoms with E-state index >= 15 is 0 Å². The van der Waals surface area contributed by atoms with Gasteiger partial charge in [-0.25, -0.2) is 4.98 Å².